The Morgan fingerprint density at radius 1 is 1.05 bits per heavy atom. The summed E-state index contributed by atoms with van der Waals surface area (Å²) in [6.07, 6.45) is 0.416. The van der Waals surface area contributed by atoms with Crippen molar-refractivity contribution in [3.8, 4) is 0 Å². The maximum atomic E-state index is 12.4. The van der Waals surface area contributed by atoms with Gasteiger partial charge in [0.25, 0.3) is 0 Å². The van der Waals surface area contributed by atoms with Crippen LogP contribution in [0, 0.1) is 0 Å². The highest BCUT2D eigenvalue weighted by Gasteiger charge is 2.14. The normalized spacial score (nSPS) is 10.6. The molecule has 0 saturated heterocycles. The van der Waals surface area contributed by atoms with Gasteiger partial charge in [0.1, 0.15) is 5.58 Å². The molecule has 1 heterocycles. The number of para-hydroxylation sites is 1. The largest absolute Gasteiger partial charge is 0.453 e. The minimum Gasteiger partial charge on any atom is -0.453 e. The van der Waals surface area contributed by atoms with Gasteiger partial charge in [-0.3, -0.25) is 9.59 Å². The van der Waals surface area contributed by atoms with Gasteiger partial charge < -0.3 is 9.73 Å². The van der Waals surface area contributed by atoms with Crippen LogP contribution in [-0.2, 0) is 4.79 Å². The molecule has 0 atom stereocenters. The Labute approximate surface area is 127 Å². The average Bonchev–Trinajstić information content (AvgIpc) is 2.98. The number of fused-ring (bicyclic) bond motifs is 1. The van der Waals surface area contributed by atoms with Gasteiger partial charge in [0.05, 0.1) is 0 Å². The lowest BCUT2D eigenvalue weighted by atomic mass is 10.1. The van der Waals surface area contributed by atoms with Crippen LogP contribution in [0.15, 0.2) is 59.0 Å². The monoisotopic (exact) mass is 293 g/mol. The molecule has 4 heteroatoms. The fraction of sp³-hybridized carbons (Fsp3) is 0.111. The van der Waals surface area contributed by atoms with Gasteiger partial charge in [0.2, 0.25) is 11.7 Å². The molecule has 1 N–H and O–H groups in total. The zero-order chi connectivity index (χ0) is 15.5. The van der Waals surface area contributed by atoms with E-state index in [9.17, 15) is 9.59 Å². The van der Waals surface area contributed by atoms with Crippen LogP contribution in [0.5, 0.6) is 0 Å². The van der Waals surface area contributed by atoms with E-state index in [1.54, 1.807) is 37.3 Å². The van der Waals surface area contributed by atoms with Crippen molar-refractivity contribution in [3.63, 3.8) is 0 Å². The van der Waals surface area contributed by atoms with E-state index in [0.717, 1.165) is 5.39 Å². The molecule has 0 aliphatic carbocycles. The van der Waals surface area contributed by atoms with Crippen LogP contribution in [0.3, 0.4) is 0 Å². The van der Waals surface area contributed by atoms with Crippen molar-refractivity contribution in [2.75, 3.05) is 5.32 Å². The first-order valence-electron chi connectivity index (χ1n) is 7.10. The third kappa shape index (κ3) is 2.76. The maximum absolute atomic E-state index is 12.4. The van der Waals surface area contributed by atoms with Gasteiger partial charge in [0.15, 0.2) is 5.76 Å². The highest BCUT2D eigenvalue weighted by atomic mass is 16.3. The molecule has 0 unspecified atom stereocenters. The van der Waals surface area contributed by atoms with Crippen LogP contribution in [0.2, 0.25) is 0 Å². The Morgan fingerprint density at radius 2 is 1.77 bits per heavy atom. The lowest BCUT2D eigenvalue weighted by molar-refractivity contribution is -0.115. The second-order valence-electron chi connectivity index (χ2n) is 4.96. The molecule has 0 bridgehead atoms. The van der Waals surface area contributed by atoms with Gasteiger partial charge in [0, 0.05) is 23.1 Å². The molecule has 0 fully saturated rings. The second-order valence-corrected chi connectivity index (χ2v) is 4.96. The zero-order valence-corrected chi connectivity index (χ0v) is 12.1. The molecule has 0 aliphatic heterocycles. The van der Waals surface area contributed by atoms with Crippen molar-refractivity contribution in [2.24, 2.45) is 0 Å². The van der Waals surface area contributed by atoms with E-state index in [1.807, 2.05) is 24.3 Å². The van der Waals surface area contributed by atoms with Gasteiger partial charge in [-0.15, -0.1) is 0 Å². The fourth-order valence-corrected chi connectivity index (χ4v) is 2.19. The van der Waals surface area contributed by atoms with Crippen LogP contribution in [-0.4, -0.2) is 11.7 Å². The van der Waals surface area contributed by atoms with E-state index < -0.39 is 0 Å². The number of carbonyl (C=O) groups excluding carboxylic acids is 2. The lowest BCUT2D eigenvalue weighted by Gasteiger charge is -2.04. The van der Waals surface area contributed by atoms with Crippen LogP contribution < -0.4 is 5.32 Å². The summed E-state index contributed by atoms with van der Waals surface area (Å²) in [5.41, 5.74) is 1.89. The highest BCUT2D eigenvalue weighted by molar-refractivity contribution is 6.09. The number of rotatable bonds is 4. The zero-order valence-electron chi connectivity index (χ0n) is 12.1. The predicted molar refractivity (Wildman–Crippen MR) is 85.0 cm³/mol. The van der Waals surface area contributed by atoms with Crippen molar-refractivity contribution in [1.29, 1.82) is 0 Å². The number of hydrogen-bond acceptors (Lipinski definition) is 3. The average molecular weight is 293 g/mol. The van der Waals surface area contributed by atoms with Crippen molar-refractivity contribution >= 4 is 28.3 Å². The van der Waals surface area contributed by atoms with E-state index >= 15 is 0 Å². The van der Waals surface area contributed by atoms with Crippen molar-refractivity contribution < 1.29 is 14.0 Å². The summed E-state index contributed by atoms with van der Waals surface area (Å²) in [4.78, 5) is 23.8. The first kappa shape index (κ1) is 14.1. The van der Waals surface area contributed by atoms with E-state index in [-0.39, 0.29) is 11.7 Å². The summed E-state index contributed by atoms with van der Waals surface area (Å²) in [5.74, 6) is 0.0764. The van der Waals surface area contributed by atoms with Crippen molar-refractivity contribution in [1.82, 2.24) is 0 Å². The van der Waals surface area contributed by atoms with Crippen molar-refractivity contribution in [2.45, 2.75) is 13.3 Å². The molecule has 3 rings (SSSR count). The van der Waals surface area contributed by atoms with E-state index in [1.165, 1.54) is 0 Å². The van der Waals surface area contributed by atoms with Gasteiger partial charge >= 0.3 is 0 Å². The summed E-state index contributed by atoms with van der Waals surface area (Å²) >= 11 is 0. The molecule has 1 aromatic heterocycles. The molecule has 110 valence electrons. The minimum absolute atomic E-state index is 0.0589. The minimum atomic E-state index is -0.176. The predicted octanol–water partition coefficient (Wildman–Crippen LogP) is 4.01. The first-order chi connectivity index (χ1) is 10.7. The van der Waals surface area contributed by atoms with Gasteiger partial charge in [-0.2, -0.15) is 0 Å². The summed E-state index contributed by atoms with van der Waals surface area (Å²) in [6.45, 7) is 1.79. The molecule has 3 aromatic rings. The highest BCUT2D eigenvalue weighted by Crippen LogP contribution is 2.22. The molecule has 0 radical (unpaired) electrons. The topological polar surface area (TPSA) is 59.3 Å². The number of benzene rings is 2. The molecular formula is C18H15NO3. The maximum Gasteiger partial charge on any atom is 0.228 e. The molecule has 0 aliphatic rings. The Kier molecular flexibility index (Phi) is 3.74. The summed E-state index contributed by atoms with van der Waals surface area (Å²) in [5, 5.41) is 3.65. The number of furan rings is 1. The summed E-state index contributed by atoms with van der Waals surface area (Å²) < 4.78 is 5.58. The van der Waals surface area contributed by atoms with Gasteiger partial charge in [-0.1, -0.05) is 25.1 Å². The van der Waals surface area contributed by atoms with E-state index in [4.69, 9.17) is 4.42 Å². The fourth-order valence-electron chi connectivity index (χ4n) is 2.19. The number of amides is 1. The lowest BCUT2D eigenvalue weighted by Crippen LogP contribution is -2.09. The van der Waals surface area contributed by atoms with E-state index in [2.05, 4.69) is 5.32 Å². The standard InChI is InChI=1S/C18H15NO3/c1-2-17(20)19-14-9-7-12(8-10-14)18(21)16-11-13-5-3-4-6-15(13)22-16/h3-11H,2H2,1H3,(H,19,20). The third-order valence-electron chi connectivity index (χ3n) is 3.40. The van der Waals surface area contributed by atoms with Crippen LogP contribution in [0.4, 0.5) is 5.69 Å². The van der Waals surface area contributed by atoms with Crippen LogP contribution >= 0.6 is 0 Å². The number of carbonyl (C=O) groups is 2. The Bertz CT molecular complexity index is 798. The van der Waals surface area contributed by atoms with Gasteiger partial charge in [-0.05, 0) is 36.4 Å². The molecule has 2 aromatic carbocycles. The number of hydrogen-bond donors (Lipinski definition) is 1. The van der Waals surface area contributed by atoms with E-state index in [0.29, 0.717) is 29.0 Å². The molecular weight excluding hydrogens is 278 g/mol. The molecule has 22 heavy (non-hydrogen) atoms. The van der Waals surface area contributed by atoms with Gasteiger partial charge in [-0.25, -0.2) is 0 Å². The Hall–Kier alpha value is -2.88. The molecule has 1 amide bonds. The quantitative estimate of drug-likeness (QED) is 0.739. The van der Waals surface area contributed by atoms with Crippen molar-refractivity contribution in [3.05, 3.63) is 65.9 Å². The second kappa shape index (κ2) is 5.85. The number of ketones is 1. The van der Waals surface area contributed by atoms with Crippen LogP contribution in [0.1, 0.15) is 29.5 Å². The molecule has 4 nitrogen and oxygen atoms in total. The molecule has 0 saturated carbocycles. The summed E-state index contributed by atoms with van der Waals surface area (Å²) in [7, 11) is 0. The molecule has 0 spiro atoms. The number of anilines is 1. The first-order valence-corrected chi connectivity index (χ1v) is 7.10. The third-order valence-corrected chi connectivity index (χ3v) is 3.40. The summed E-state index contributed by atoms with van der Waals surface area (Å²) in [6, 6.07) is 16.0. The SMILES string of the molecule is CCC(=O)Nc1ccc(C(=O)c2cc3ccccc3o2)cc1. The van der Waals surface area contributed by atoms with Crippen LogP contribution in [0.25, 0.3) is 11.0 Å². The smallest absolute Gasteiger partial charge is 0.228 e. The Balaban J connectivity index is 1.84. The Morgan fingerprint density at radius 3 is 2.45 bits per heavy atom. The number of nitrogens with one attached hydrogen (secondary N) is 1.